The van der Waals surface area contributed by atoms with E-state index < -0.39 is 5.97 Å². The minimum absolute atomic E-state index is 0.0693. The van der Waals surface area contributed by atoms with Crippen molar-refractivity contribution in [3.8, 4) is 0 Å². The Morgan fingerprint density at radius 3 is 2.55 bits per heavy atom. The third kappa shape index (κ3) is 6.33. The highest BCUT2D eigenvalue weighted by molar-refractivity contribution is 5.82. The molecule has 0 fully saturated rings. The van der Waals surface area contributed by atoms with Gasteiger partial charge in [0.15, 0.2) is 0 Å². The van der Waals surface area contributed by atoms with E-state index in [9.17, 15) is 9.59 Å². The third-order valence-electron chi connectivity index (χ3n) is 2.78. The van der Waals surface area contributed by atoms with Gasteiger partial charge >= 0.3 is 5.97 Å². The maximum atomic E-state index is 11.8. The van der Waals surface area contributed by atoms with Crippen molar-refractivity contribution in [3.63, 3.8) is 0 Å². The van der Waals surface area contributed by atoms with Crippen LogP contribution in [0.5, 0.6) is 0 Å². The van der Waals surface area contributed by atoms with Crippen molar-refractivity contribution in [3.05, 3.63) is 35.9 Å². The molecule has 0 bridgehead atoms. The molecule has 5 heteroatoms. The highest BCUT2D eigenvalue weighted by Gasteiger charge is 2.15. The van der Waals surface area contributed by atoms with E-state index in [1.54, 1.807) is 0 Å². The molecule has 1 amide bonds. The van der Waals surface area contributed by atoms with Crippen LogP contribution in [0, 0.1) is 0 Å². The lowest BCUT2D eigenvalue weighted by atomic mass is 10.2. The summed E-state index contributed by atoms with van der Waals surface area (Å²) in [6.07, 6.45) is 1.46. The minimum Gasteiger partial charge on any atom is -0.480 e. The largest absolute Gasteiger partial charge is 0.480 e. The molecule has 0 aliphatic rings. The average molecular weight is 279 g/mol. The lowest BCUT2D eigenvalue weighted by Gasteiger charge is -2.19. The highest BCUT2D eigenvalue weighted by atomic mass is 16.5. The molecule has 0 saturated heterocycles. The Kier molecular flexibility index (Phi) is 7.35. The number of aliphatic carboxylic acids is 1. The zero-order valence-electron chi connectivity index (χ0n) is 11.7. The molecule has 1 aromatic rings. The fourth-order valence-electron chi connectivity index (χ4n) is 1.81. The number of amides is 1. The van der Waals surface area contributed by atoms with Crippen LogP contribution in [0.2, 0.25) is 0 Å². The van der Waals surface area contributed by atoms with Crippen molar-refractivity contribution < 1.29 is 19.4 Å². The van der Waals surface area contributed by atoms with E-state index in [1.807, 2.05) is 37.3 Å². The molecule has 5 nitrogen and oxygen atoms in total. The second-order valence-corrected chi connectivity index (χ2v) is 4.50. The van der Waals surface area contributed by atoms with Gasteiger partial charge in [0.1, 0.15) is 13.2 Å². The Balaban J connectivity index is 2.28. The summed E-state index contributed by atoms with van der Waals surface area (Å²) in [4.78, 5) is 23.8. The van der Waals surface area contributed by atoms with Crippen LogP contribution in [0.25, 0.3) is 0 Å². The van der Waals surface area contributed by atoms with Gasteiger partial charge in [-0.05, 0) is 18.4 Å². The molecule has 20 heavy (non-hydrogen) atoms. The Bertz CT molecular complexity index is 419. The van der Waals surface area contributed by atoms with Gasteiger partial charge in [0, 0.05) is 6.54 Å². The molecular weight excluding hydrogens is 258 g/mol. The van der Waals surface area contributed by atoms with E-state index >= 15 is 0 Å². The van der Waals surface area contributed by atoms with Gasteiger partial charge in [-0.25, -0.2) is 0 Å². The van der Waals surface area contributed by atoms with Crippen LogP contribution < -0.4 is 0 Å². The molecule has 0 aliphatic heterocycles. The van der Waals surface area contributed by atoms with Crippen molar-refractivity contribution in [1.29, 1.82) is 0 Å². The summed E-state index contributed by atoms with van der Waals surface area (Å²) in [5, 5.41) is 8.74. The summed E-state index contributed by atoms with van der Waals surface area (Å²) in [6.45, 7) is 2.45. The number of ether oxygens (including phenoxy) is 1. The van der Waals surface area contributed by atoms with E-state index in [2.05, 4.69) is 0 Å². The number of carbonyl (C=O) groups excluding carboxylic acids is 1. The van der Waals surface area contributed by atoms with Gasteiger partial charge in [-0.2, -0.15) is 0 Å². The number of rotatable bonds is 9. The molecule has 0 atom stereocenters. The van der Waals surface area contributed by atoms with Gasteiger partial charge in [0.05, 0.1) is 6.61 Å². The topological polar surface area (TPSA) is 66.8 Å². The maximum Gasteiger partial charge on any atom is 0.323 e. The molecule has 0 unspecified atom stereocenters. The molecule has 0 spiro atoms. The smallest absolute Gasteiger partial charge is 0.323 e. The van der Waals surface area contributed by atoms with Crippen molar-refractivity contribution in [2.75, 3.05) is 26.3 Å². The number of hydrogen-bond acceptors (Lipinski definition) is 3. The van der Waals surface area contributed by atoms with Gasteiger partial charge in [0.2, 0.25) is 5.91 Å². The molecular formula is C15H21NO4. The summed E-state index contributed by atoms with van der Waals surface area (Å²) in [6, 6.07) is 9.85. The second-order valence-electron chi connectivity index (χ2n) is 4.50. The normalized spacial score (nSPS) is 10.2. The monoisotopic (exact) mass is 279 g/mol. The first kappa shape index (κ1) is 16.2. The van der Waals surface area contributed by atoms with E-state index in [4.69, 9.17) is 9.84 Å². The summed E-state index contributed by atoms with van der Waals surface area (Å²) in [5.74, 6) is -1.28. The number of hydrogen-bond donors (Lipinski definition) is 1. The fourth-order valence-corrected chi connectivity index (χ4v) is 1.81. The molecule has 0 saturated carbocycles. The lowest BCUT2D eigenvalue weighted by molar-refractivity contribution is -0.146. The molecule has 1 aromatic carbocycles. The molecule has 1 rings (SSSR count). The summed E-state index contributed by atoms with van der Waals surface area (Å²) in [7, 11) is 0. The van der Waals surface area contributed by atoms with E-state index in [-0.39, 0.29) is 19.1 Å². The van der Waals surface area contributed by atoms with Gasteiger partial charge in [0.25, 0.3) is 0 Å². The van der Waals surface area contributed by atoms with E-state index in [0.29, 0.717) is 13.2 Å². The molecule has 110 valence electrons. The van der Waals surface area contributed by atoms with Crippen LogP contribution >= 0.6 is 0 Å². The van der Waals surface area contributed by atoms with Crippen molar-refractivity contribution >= 4 is 11.9 Å². The predicted octanol–water partition coefficient (Wildman–Crippen LogP) is 1.57. The van der Waals surface area contributed by atoms with Crippen LogP contribution in [0.15, 0.2) is 30.3 Å². The van der Waals surface area contributed by atoms with Crippen LogP contribution in [-0.4, -0.2) is 48.2 Å². The molecule has 0 aliphatic carbocycles. The Morgan fingerprint density at radius 2 is 1.95 bits per heavy atom. The summed E-state index contributed by atoms with van der Waals surface area (Å²) in [5.41, 5.74) is 1.15. The number of nitrogens with zero attached hydrogens (tertiary/aromatic N) is 1. The van der Waals surface area contributed by atoms with Crippen molar-refractivity contribution in [1.82, 2.24) is 4.90 Å². The van der Waals surface area contributed by atoms with Crippen molar-refractivity contribution in [2.45, 2.75) is 19.8 Å². The SMILES string of the molecule is CCCN(CC(=O)O)C(=O)COCCc1ccccc1. The third-order valence-corrected chi connectivity index (χ3v) is 2.78. The number of benzene rings is 1. The Labute approximate surface area is 119 Å². The van der Waals surface area contributed by atoms with E-state index in [0.717, 1.165) is 18.4 Å². The summed E-state index contributed by atoms with van der Waals surface area (Å²) >= 11 is 0. The van der Waals surface area contributed by atoms with Crippen LogP contribution in [-0.2, 0) is 20.7 Å². The molecule has 0 radical (unpaired) electrons. The van der Waals surface area contributed by atoms with Gasteiger partial charge in [-0.15, -0.1) is 0 Å². The predicted molar refractivity (Wildman–Crippen MR) is 75.5 cm³/mol. The Morgan fingerprint density at radius 1 is 1.25 bits per heavy atom. The van der Waals surface area contributed by atoms with Crippen molar-refractivity contribution in [2.24, 2.45) is 0 Å². The number of carbonyl (C=O) groups is 2. The minimum atomic E-state index is -1.00. The van der Waals surface area contributed by atoms with Gasteiger partial charge in [-0.3, -0.25) is 9.59 Å². The average Bonchev–Trinajstić information content (AvgIpc) is 2.43. The van der Waals surface area contributed by atoms with Crippen LogP contribution in [0.3, 0.4) is 0 Å². The van der Waals surface area contributed by atoms with Gasteiger partial charge < -0.3 is 14.7 Å². The second kappa shape index (κ2) is 9.09. The molecule has 1 N–H and O–H groups in total. The standard InChI is InChI=1S/C15H21NO4/c1-2-9-16(11-15(18)19)14(17)12-20-10-8-13-6-4-3-5-7-13/h3-7H,2,8-12H2,1H3,(H,18,19). The zero-order chi connectivity index (χ0) is 14.8. The van der Waals surface area contributed by atoms with E-state index in [1.165, 1.54) is 4.90 Å². The first-order chi connectivity index (χ1) is 9.63. The fraction of sp³-hybridized carbons (Fsp3) is 0.467. The zero-order valence-corrected chi connectivity index (χ0v) is 11.7. The van der Waals surface area contributed by atoms with Crippen LogP contribution in [0.4, 0.5) is 0 Å². The number of carboxylic acid groups (broad SMARTS) is 1. The molecule has 0 heterocycles. The lowest BCUT2D eigenvalue weighted by Crippen LogP contribution is -2.38. The first-order valence-corrected chi connectivity index (χ1v) is 6.74. The first-order valence-electron chi connectivity index (χ1n) is 6.74. The quantitative estimate of drug-likeness (QED) is 0.697. The number of carboxylic acids is 1. The molecule has 0 aromatic heterocycles. The maximum absolute atomic E-state index is 11.8. The summed E-state index contributed by atoms with van der Waals surface area (Å²) < 4.78 is 5.32. The van der Waals surface area contributed by atoms with Gasteiger partial charge in [-0.1, -0.05) is 37.3 Å². The van der Waals surface area contributed by atoms with Crippen LogP contribution in [0.1, 0.15) is 18.9 Å². The highest BCUT2D eigenvalue weighted by Crippen LogP contribution is 2.00. The Hall–Kier alpha value is -1.88.